The van der Waals surface area contributed by atoms with Gasteiger partial charge >= 0.3 is 11.9 Å². The average molecular weight is 826 g/mol. The van der Waals surface area contributed by atoms with Gasteiger partial charge in [-0.1, -0.05) is 35.1 Å². The first-order valence-electron chi connectivity index (χ1n) is 17.9. The van der Waals surface area contributed by atoms with Crippen LogP contribution in [0.1, 0.15) is 57.1 Å². The van der Waals surface area contributed by atoms with Gasteiger partial charge in [0.2, 0.25) is 0 Å². The van der Waals surface area contributed by atoms with Gasteiger partial charge < -0.3 is 51.8 Å². The Morgan fingerprint density at radius 3 is 2.39 bits per heavy atom. The summed E-state index contributed by atoms with van der Waals surface area (Å²) < 4.78 is 10.4. The maximum atomic E-state index is 12.9. The van der Waals surface area contributed by atoms with Crippen molar-refractivity contribution in [1.82, 2.24) is 19.9 Å². The number of rotatable bonds is 17. The van der Waals surface area contributed by atoms with Gasteiger partial charge in [0.15, 0.2) is 10.9 Å². The number of aliphatic hydroxyl groups is 2. The highest BCUT2D eigenvalue weighted by Gasteiger charge is 2.24. The number of carbonyl (C=O) groups is 4. The van der Waals surface area contributed by atoms with Crippen molar-refractivity contribution in [2.75, 3.05) is 60.6 Å². The zero-order chi connectivity index (χ0) is 41.2. The first kappa shape index (κ1) is 42.5. The van der Waals surface area contributed by atoms with Crippen molar-refractivity contribution in [3.63, 3.8) is 0 Å². The van der Waals surface area contributed by atoms with Crippen LogP contribution in [0.3, 0.4) is 0 Å². The fourth-order valence-corrected chi connectivity index (χ4v) is 6.84. The van der Waals surface area contributed by atoms with Crippen LogP contribution >= 0.6 is 22.9 Å². The molecule has 2 atom stereocenters. The molecule has 4 aromatic rings. The second-order valence-corrected chi connectivity index (χ2v) is 14.6. The molecule has 0 saturated carbocycles. The summed E-state index contributed by atoms with van der Waals surface area (Å²) in [6, 6.07) is 9.65. The van der Waals surface area contributed by atoms with E-state index in [1.807, 2.05) is 25.1 Å². The van der Waals surface area contributed by atoms with Gasteiger partial charge in [0, 0.05) is 51.6 Å². The largest absolute Gasteiger partial charge is 0.505 e. The Bertz CT molecular complexity index is 2070. The van der Waals surface area contributed by atoms with E-state index in [2.05, 4.69) is 35.4 Å². The molecule has 1 fully saturated rings. The lowest BCUT2D eigenvalue weighted by Gasteiger charge is -2.35. The average Bonchev–Trinajstić information content (AvgIpc) is 3.64. The third kappa shape index (κ3) is 11.7. The van der Waals surface area contributed by atoms with Gasteiger partial charge in [-0.15, -0.1) is 0 Å². The van der Waals surface area contributed by atoms with Crippen LogP contribution in [0.2, 0.25) is 5.02 Å². The van der Waals surface area contributed by atoms with Gasteiger partial charge in [-0.05, 0) is 50.5 Å². The normalized spacial score (nSPS) is 14.1. The number of halogens is 1. The van der Waals surface area contributed by atoms with E-state index < -0.39 is 41.4 Å². The zero-order valence-electron chi connectivity index (χ0n) is 31.2. The number of nitrogens with one attached hydrogen (secondary N) is 2. The maximum absolute atomic E-state index is 12.9. The Morgan fingerprint density at radius 2 is 1.70 bits per heavy atom. The van der Waals surface area contributed by atoms with E-state index in [1.165, 1.54) is 29.7 Å². The summed E-state index contributed by atoms with van der Waals surface area (Å²) in [4.78, 5) is 67.3. The molecule has 5 rings (SSSR count). The highest BCUT2D eigenvalue weighted by Crippen LogP contribution is 2.33. The molecule has 2 aromatic carbocycles. The molecule has 0 spiro atoms. The number of aliphatic hydroxyl groups excluding tert-OH is 2. The van der Waals surface area contributed by atoms with Crippen LogP contribution in [0.25, 0.3) is 0 Å². The molecule has 2 aromatic heterocycles. The molecule has 1 aliphatic heterocycles. The third-order valence-corrected chi connectivity index (χ3v) is 10.2. The highest BCUT2D eigenvalue weighted by atomic mass is 35.5. The highest BCUT2D eigenvalue weighted by molar-refractivity contribution is 7.17. The fourth-order valence-electron chi connectivity index (χ4n) is 5.85. The molecule has 18 nitrogen and oxygen atoms in total. The van der Waals surface area contributed by atoms with Crippen molar-refractivity contribution < 1.29 is 44.0 Å². The number of benzene rings is 2. The van der Waals surface area contributed by atoms with E-state index >= 15 is 0 Å². The summed E-state index contributed by atoms with van der Waals surface area (Å²) in [5.74, 6) is -1.84. The number of para-hydroxylation sites is 1. The number of carbonyl (C=O) groups excluding carboxylic acids is 4. The van der Waals surface area contributed by atoms with Crippen LogP contribution in [0, 0.1) is 13.8 Å². The van der Waals surface area contributed by atoms with Crippen LogP contribution in [0.15, 0.2) is 42.6 Å². The Labute approximate surface area is 336 Å². The van der Waals surface area contributed by atoms with Crippen LogP contribution < -0.4 is 31.7 Å². The smallest absolute Gasteiger partial charge is 0.311 e. The van der Waals surface area contributed by atoms with Gasteiger partial charge in [0.1, 0.15) is 40.3 Å². The van der Waals surface area contributed by atoms with Crippen molar-refractivity contribution in [1.29, 1.82) is 0 Å². The molecule has 0 radical (unpaired) electrons. The number of hydrogen-bond acceptors (Lipinski definition) is 17. The number of amides is 2. The molecule has 2 amide bonds. The molecule has 0 aliphatic carbocycles. The van der Waals surface area contributed by atoms with Crippen LogP contribution in [-0.2, 0) is 14.3 Å². The Morgan fingerprint density at radius 1 is 1.00 bits per heavy atom. The lowest BCUT2D eigenvalue weighted by atomic mass is 10.0. The Hall–Kier alpha value is -5.60. The van der Waals surface area contributed by atoms with Gasteiger partial charge in [-0.25, -0.2) is 15.0 Å². The molecular formula is C37H44ClN9O9S. The first-order chi connectivity index (χ1) is 27.2. The van der Waals surface area contributed by atoms with Gasteiger partial charge in [0.25, 0.3) is 11.8 Å². The lowest BCUT2D eigenvalue weighted by Crippen LogP contribution is -2.47. The molecule has 20 heteroatoms. The number of thiazole rings is 1. The minimum Gasteiger partial charge on any atom is -0.505 e. The van der Waals surface area contributed by atoms with Gasteiger partial charge in [0.05, 0.1) is 34.8 Å². The summed E-state index contributed by atoms with van der Waals surface area (Å²) in [5.41, 5.74) is 11.6. The minimum absolute atomic E-state index is 0.0943. The number of primary amides is 1. The number of nitrogens with zero attached hydrogens (tertiary/aromatic N) is 5. The van der Waals surface area contributed by atoms with Crippen molar-refractivity contribution in [2.24, 2.45) is 5.73 Å². The van der Waals surface area contributed by atoms with E-state index in [-0.39, 0.29) is 49.6 Å². The van der Waals surface area contributed by atoms with Crippen LogP contribution in [0.5, 0.6) is 11.5 Å². The first-order valence-corrected chi connectivity index (χ1v) is 19.1. The molecule has 1 saturated heterocycles. The number of nitrogen functional groups attached to an aromatic ring is 1. The predicted octanol–water partition coefficient (Wildman–Crippen LogP) is 3.14. The maximum Gasteiger partial charge on any atom is 0.311 e. The number of piperazine rings is 1. The van der Waals surface area contributed by atoms with Crippen molar-refractivity contribution in [2.45, 2.75) is 51.7 Å². The number of phenols is 1. The van der Waals surface area contributed by atoms with E-state index in [9.17, 15) is 34.5 Å². The second kappa shape index (κ2) is 19.5. The van der Waals surface area contributed by atoms with E-state index in [0.29, 0.717) is 65.1 Å². The number of hydrogen-bond donors (Lipinski definition) is 7. The van der Waals surface area contributed by atoms with Crippen molar-refractivity contribution in [3.05, 3.63) is 69.4 Å². The van der Waals surface area contributed by atoms with Crippen LogP contribution in [0.4, 0.5) is 28.1 Å². The molecule has 9 N–H and O–H groups in total. The molecule has 304 valence electrons. The molecule has 2 unspecified atom stereocenters. The summed E-state index contributed by atoms with van der Waals surface area (Å²) in [6.45, 7) is 7.01. The molecule has 1 aliphatic rings. The Balaban J connectivity index is 0.993. The number of esters is 2. The summed E-state index contributed by atoms with van der Waals surface area (Å²) in [5, 5.41) is 37.6. The summed E-state index contributed by atoms with van der Waals surface area (Å²) in [7, 11) is 0. The molecule has 0 bridgehead atoms. The van der Waals surface area contributed by atoms with Crippen molar-refractivity contribution >= 4 is 74.8 Å². The number of anilines is 5. The fraction of sp³-hybridized carbons (Fsp3) is 0.378. The number of aryl methyl sites for hydroxylation is 2. The van der Waals surface area contributed by atoms with Gasteiger partial charge in [-0.2, -0.15) is 0 Å². The van der Waals surface area contributed by atoms with Gasteiger partial charge in [-0.3, -0.25) is 24.1 Å². The quantitative estimate of drug-likeness (QED) is 0.0349. The Kier molecular flexibility index (Phi) is 14.6. The lowest BCUT2D eigenvalue weighted by molar-refractivity contribution is -0.145. The summed E-state index contributed by atoms with van der Waals surface area (Å²) >= 11 is 7.44. The topological polar surface area (TPSA) is 269 Å². The van der Waals surface area contributed by atoms with Crippen LogP contribution in [-0.4, -0.2) is 110 Å². The molecule has 57 heavy (non-hydrogen) atoms. The monoisotopic (exact) mass is 825 g/mol. The standard InChI is InChI=1S/C37H44ClN9O9S/c1-20-4-3-5-22(38)33(20)45-36(54)27-19-41-37(57-27)44-28-18-29(43-21(2)42-28)47-14-12-46(13-15-47)16-17-55-30(50)10-7-24(48)25(49)8-11-31(51)56-26-9-6-23(39)34(52)32(26)35(40)53/h3-6,9,18-19,24-25,48-49,52H,7-8,10-17,39H2,1-2H3,(H2,40,53)(H,45,54)(H,41,42,43,44). The minimum atomic E-state index is -1.34. The predicted molar refractivity (Wildman–Crippen MR) is 213 cm³/mol. The summed E-state index contributed by atoms with van der Waals surface area (Å²) in [6.07, 6.45) is -1.94. The number of aromatic hydroxyl groups is 1. The van der Waals surface area contributed by atoms with Crippen molar-refractivity contribution in [3.8, 4) is 11.5 Å². The zero-order valence-corrected chi connectivity index (χ0v) is 32.8. The third-order valence-electron chi connectivity index (χ3n) is 8.99. The van der Waals surface area contributed by atoms with E-state index in [4.69, 9.17) is 32.5 Å². The molecule has 3 heterocycles. The number of ether oxygens (including phenoxy) is 2. The SMILES string of the molecule is Cc1nc(Nc2ncc(C(=O)Nc3c(C)cccc3Cl)s2)cc(N2CCN(CCOC(=O)CCC(O)C(O)CCC(=O)Oc3ccc(N)c(O)c3C(N)=O)CC2)n1. The number of aromatic nitrogens is 3. The van der Waals surface area contributed by atoms with E-state index in [1.54, 1.807) is 13.0 Å². The van der Waals surface area contributed by atoms with E-state index in [0.717, 1.165) is 11.4 Å². The molecular weight excluding hydrogens is 782 g/mol. The number of nitrogens with two attached hydrogens (primary N) is 2. The second-order valence-electron chi connectivity index (χ2n) is 13.2.